The van der Waals surface area contributed by atoms with E-state index in [-0.39, 0.29) is 24.5 Å². The summed E-state index contributed by atoms with van der Waals surface area (Å²) >= 11 is 0. The van der Waals surface area contributed by atoms with Crippen LogP contribution in [0.3, 0.4) is 0 Å². The third-order valence-corrected chi connectivity index (χ3v) is 4.50. The van der Waals surface area contributed by atoms with Crippen LogP contribution in [0, 0.1) is 5.92 Å². The van der Waals surface area contributed by atoms with E-state index in [1.165, 1.54) is 7.11 Å². The number of hydrogen-bond donors (Lipinski definition) is 1. The molecule has 6 nitrogen and oxygen atoms in total. The van der Waals surface area contributed by atoms with Gasteiger partial charge in [0, 0.05) is 26.1 Å². The van der Waals surface area contributed by atoms with Crippen molar-refractivity contribution in [2.24, 2.45) is 5.92 Å². The standard InChI is InChI=1S/C17H23NO5.ClH/c1-21-17(20)13-10-18(9-7-14(13)19)8-6-12-11-22-15-4-2-3-5-16(15)23-12;/h2-5,12-14,19H,6-11H2,1H3;1H/t12?,13-,14+;/m1./s1. The quantitative estimate of drug-likeness (QED) is 0.823. The van der Waals surface area contributed by atoms with Crippen LogP contribution in [0.2, 0.25) is 0 Å². The van der Waals surface area contributed by atoms with Crippen molar-refractivity contribution in [3.63, 3.8) is 0 Å². The molecule has 1 fully saturated rings. The van der Waals surface area contributed by atoms with Crippen LogP contribution in [0.15, 0.2) is 24.3 Å². The van der Waals surface area contributed by atoms with E-state index in [4.69, 9.17) is 14.2 Å². The zero-order chi connectivity index (χ0) is 16.2. The Bertz CT molecular complexity index is 556. The molecule has 2 heterocycles. The summed E-state index contributed by atoms with van der Waals surface area (Å²) in [6.45, 7) is 2.64. The van der Waals surface area contributed by atoms with Gasteiger partial charge in [0.2, 0.25) is 0 Å². The summed E-state index contributed by atoms with van der Waals surface area (Å²) in [5, 5.41) is 9.94. The van der Waals surface area contributed by atoms with E-state index < -0.39 is 12.0 Å². The Kier molecular flexibility index (Phi) is 6.71. The van der Waals surface area contributed by atoms with Crippen molar-refractivity contribution < 1.29 is 24.1 Å². The average molecular weight is 358 g/mol. The van der Waals surface area contributed by atoms with Gasteiger partial charge in [0.1, 0.15) is 12.7 Å². The first-order valence-corrected chi connectivity index (χ1v) is 8.04. The number of likely N-dealkylation sites (tertiary alicyclic amines) is 1. The number of methoxy groups -OCH3 is 1. The third-order valence-electron chi connectivity index (χ3n) is 4.50. The minimum Gasteiger partial charge on any atom is -0.486 e. The predicted octanol–water partition coefficient (Wildman–Crippen LogP) is 1.49. The number of fused-ring (bicyclic) bond motifs is 1. The Morgan fingerprint density at radius 2 is 2.12 bits per heavy atom. The summed E-state index contributed by atoms with van der Waals surface area (Å²) in [5.74, 6) is 0.771. The van der Waals surface area contributed by atoms with Gasteiger partial charge in [-0.25, -0.2) is 0 Å². The number of carbonyl (C=O) groups is 1. The topological polar surface area (TPSA) is 68.2 Å². The van der Waals surface area contributed by atoms with Gasteiger partial charge in [-0.1, -0.05) is 12.1 Å². The van der Waals surface area contributed by atoms with Gasteiger partial charge in [0.25, 0.3) is 0 Å². The molecule has 0 radical (unpaired) electrons. The lowest BCUT2D eigenvalue weighted by molar-refractivity contribution is -0.152. The second-order valence-electron chi connectivity index (χ2n) is 6.07. The van der Waals surface area contributed by atoms with Crippen LogP contribution in [-0.2, 0) is 9.53 Å². The maximum atomic E-state index is 11.7. The fourth-order valence-electron chi connectivity index (χ4n) is 3.13. The average Bonchev–Trinajstić information content (AvgIpc) is 2.60. The van der Waals surface area contributed by atoms with Gasteiger partial charge >= 0.3 is 5.97 Å². The molecule has 0 saturated carbocycles. The maximum Gasteiger partial charge on any atom is 0.312 e. The number of aliphatic hydroxyl groups excluding tert-OH is 1. The molecule has 1 aromatic rings. The molecule has 0 aromatic heterocycles. The Hall–Kier alpha value is -1.50. The van der Waals surface area contributed by atoms with E-state index in [1.54, 1.807) is 0 Å². The molecule has 0 spiro atoms. The molecule has 0 aliphatic carbocycles. The number of benzene rings is 1. The van der Waals surface area contributed by atoms with Gasteiger partial charge in [-0.15, -0.1) is 12.4 Å². The second-order valence-corrected chi connectivity index (χ2v) is 6.07. The van der Waals surface area contributed by atoms with Gasteiger partial charge in [0.05, 0.1) is 19.1 Å². The first-order chi connectivity index (χ1) is 11.2. The molecule has 0 amide bonds. The molecule has 1 unspecified atom stereocenters. The van der Waals surface area contributed by atoms with Crippen molar-refractivity contribution >= 4 is 18.4 Å². The first kappa shape index (κ1) is 18.8. The highest BCUT2D eigenvalue weighted by Gasteiger charge is 2.34. The maximum absolute atomic E-state index is 11.7. The number of rotatable bonds is 4. The first-order valence-electron chi connectivity index (χ1n) is 8.04. The number of nitrogens with zero attached hydrogens (tertiary/aromatic N) is 1. The molecule has 3 rings (SSSR count). The number of hydrogen-bond acceptors (Lipinski definition) is 6. The monoisotopic (exact) mass is 357 g/mol. The summed E-state index contributed by atoms with van der Waals surface area (Å²) in [7, 11) is 1.36. The number of aliphatic hydroxyl groups is 1. The van der Waals surface area contributed by atoms with Crippen LogP contribution in [0.4, 0.5) is 0 Å². The number of piperidine rings is 1. The van der Waals surface area contributed by atoms with Gasteiger partial charge in [0.15, 0.2) is 11.5 Å². The van der Waals surface area contributed by atoms with E-state index in [0.29, 0.717) is 19.6 Å². The lowest BCUT2D eigenvalue weighted by Gasteiger charge is -2.35. The highest BCUT2D eigenvalue weighted by molar-refractivity contribution is 5.85. The molecule has 0 bridgehead atoms. The van der Waals surface area contributed by atoms with Crippen molar-refractivity contribution in [3.8, 4) is 11.5 Å². The minimum atomic E-state index is -0.611. The zero-order valence-corrected chi connectivity index (χ0v) is 14.5. The molecule has 1 saturated heterocycles. The number of halogens is 1. The van der Waals surface area contributed by atoms with Crippen molar-refractivity contribution in [1.29, 1.82) is 0 Å². The molecular weight excluding hydrogens is 334 g/mol. The van der Waals surface area contributed by atoms with Gasteiger partial charge < -0.3 is 24.2 Å². The Labute approximate surface area is 148 Å². The largest absolute Gasteiger partial charge is 0.486 e. The van der Waals surface area contributed by atoms with Crippen LogP contribution in [0.1, 0.15) is 12.8 Å². The second kappa shape index (κ2) is 8.55. The summed E-state index contributed by atoms with van der Waals surface area (Å²) in [4.78, 5) is 13.9. The highest BCUT2D eigenvalue weighted by Crippen LogP contribution is 2.31. The van der Waals surface area contributed by atoms with E-state index in [0.717, 1.165) is 31.0 Å². The van der Waals surface area contributed by atoms with Crippen LogP contribution in [0.25, 0.3) is 0 Å². The van der Waals surface area contributed by atoms with Gasteiger partial charge in [-0.05, 0) is 18.6 Å². The molecule has 134 valence electrons. The fourth-order valence-corrected chi connectivity index (χ4v) is 3.13. The van der Waals surface area contributed by atoms with Crippen LogP contribution >= 0.6 is 12.4 Å². The summed E-state index contributed by atoms with van der Waals surface area (Å²) in [6, 6.07) is 7.66. The Balaban J connectivity index is 0.00000208. The lowest BCUT2D eigenvalue weighted by atomic mass is 9.94. The zero-order valence-electron chi connectivity index (χ0n) is 13.7. The SMILES string of the molecule is COC(=O)[C@@H]1CN(CCC2COc3ccccc3O2)CC[C@@H]1O.Cl. The van der Waals surface area contributed by atoms with E-state index in [9.17, 15) is 9.90 Å². The molecule has 2 aliphatic heterocycles. The van der Waals surface area contributed by atoms with E-state index in [1.807, 2.05) is 24.3 Å². The highest BCUT2D eigenvalue weighted by atomic mass is 35.5. The van der Waals surface area contributed by atoms with Crippen LogP contribution < -0.4 is 9.47 Å². The minimum absolute atomic E-state index is 0. The summed E-state index contributed by atoms with van der Waals surface area (Å²) in [6.07, 6.45) is 0.802. The van der Waals surface area contributed by atoms with Crippen molar-refractivity contribution in [1.82, 2.24) is 4.90 Å². The van der Waals surface area contributed by atoms with E-state index >= 15 is 0 Å². The summed E-state index contributed by atoms with van der Waals surface area (Å²) < 4.78 is 16.4. The smallest absolute Gasteiger partial charge is 0.312 e. The van der Waals surface area contributed by atoms with Crippen LogP contribution in [0.5, 0.6) is 11.5 Å². The molecule has 24 heavy (non-hydrogen) atoms. The number of carbonyl (C=O) groups excluding carboxylic acids is 1. The molecule has 3 atom stereocenters. The number of ether oxygens (including phenoxy) is 3. The molecule has 2 aliphatic rings. The third kappa shape index (κ3) is 4.32. The fraction of sp³-hybridized carbons (Fsp3) is 0.588. The Morgan fingerprint density at radius 3 is 2.88 bits per heavy atom. The normalized spacial score (nSPS) is 26.3. The molecular formula is C17H24ClNO5. The molecule has 1 N–H and O–H groups in total. The number of para-hydroxylation sites is 2. The van der Waals surface area contributed by atoms with Crippen LogP contribution in [-0.4, -0.2) is 61.5 Å². The van der Waals surface area contributed by atoms with Gasteiger partial charge in [-0.3, -0.25) is 4.79 Å². The number of esters is 1. The molecule has 7 heteroatoms. The van der Waals surface area contributed by atoms with Crippen molar-refractivity contribution in [2.75, 3.05) is 33.4 Å². The van der Waals surface area contributed by atoms with Crippen molar-refractivity contribution in [2.45, 2.75) is 25.0 Å². The summed E-state index contributed by atoms with van der Waals surface area (Å²) in [5.41, 5.74) is 0. The Morgan fingerprint density at radius 1 is 1.38 bits per heavy atom. The lowest BCUT2D eigenvalue weighted by Crippen LogP contribution is -2.48. The molecule has 1 aromatic carbocycles. The predicted molar refractivity (Wildman–Crippen MR) is 90.8 cm³/mol. The van der Waals surface area contributed by atoms with E-state index in [2.05, 4.69) is 4.90 Å². The van der Waals surface area contributed by atoms with Gasteiger partial charge in [-0.2, -0.15) is 0 Å². The van der Waals surface area contributed by atoms with Crippen molar-refractivity contribution in [3.05, 3.63) is 24.3 Å².